The SMILES string of the molecule is NC1CC2CCC(C1)N2Cc1nc2ccsc2c(=O)[nH]1. The quantitative estimate of drug-likeness (QED) is 0.877. The lowest BCUT2D eigenvalue weighted by atomic mass is 9.98. The summed E-state index contributed by atoms with van der Waals surface area (Å²) in [4.78, 5) is 22.0. The lowest BCUT2D eigenvalue weighted by Gasteiger charge is -2.37. The Morgan fingerprint density at radius 1 is 1.40 bits per heavy atom. The number of aromatic nitrogens is 2. The number of piperidine rings is 1. The van der Waals surface area contributed by atoms with Crippen molar-refractivity contribution in [2.45, 2.75) is 50.4 Å². The Bertz CT molecular complexity index is 680. The van der Waals surface area contributed by atoms with Crippen LogP contribution in [-0.4, -0.2) is 33.0 Å². The van der Waals surface area contributed by atoms with Crippen LogP contribution in [0.2, 0.25) is 0 Å². The van der Waals surface area contributed by atoms with Crippen molar-refractivity contribution in [3.8, 4) is 0 Å². The molecule has 2 bridgehead atoms. The highest BCUT2D eigenvalue weighted by atomic mass is 32.1. The van der Waals surface area contributed by atoms with Crippen LogP contribution in [0.3, 0.4) is 0 Å². The number of nitrogens with one attached hydrogen (secondary N) is 1. The van der Waals surface area contributed by atoms with Crippen molar-refractivity contribution in [1.82, 2.24) is 14.9 Å². The van der Waals surface area contributed by atoms with Crippen LogP contribution in [0.25, 0.3) is 10.2 Å². The fourth-order valence-corrected chi connectivity index (χ4v) is 4.47. The lowest BCUT2D eigenvalue weighted by Crippen LogP contribution is -2.47. The topological polar surface area (TPSA) is 75.0 Å². The molecule has 20 heavy (non-hydrogen) atoms. The summed E-state index contributed by atoms with van der Waals surface area (Å²) in [6.45, 7) is 0.739. The standard InChI is InChI=1S/C14H18N4OS/c15-8-5-9-1-2-10(6-8)18(9)7-12-16-11-3-4-20-13(11)14(19)17-12/h3-4,8-10H,1-2,5-7,15H2,(H,16,17,19). The number of thiophene rings is 1. The van der Waals surface area contributed by atoms with E-state index in [9.17, 15) is 4.79 Å². The zero-order valence-electron chi connectivity index (χ0n) is 11.2. The van der Waals surface area contributed by atoms with E-state index in [-0.39, 0.29) is 5.56 Å². The molecular weight excluding hydrogens is 272 g/mol. The molecule has 2 atom stereocenters. The predicted octanol–water partition coefficient (Wildman–Crippen LogP) is 1.44. The Hall–Kier alpha value is -1.24. The molecule has 0 radical (unpaired) electrons. The number of aromatic amines is 1. The first-order valence-corrected chi connectivity index (χ1v) is 8.06. The van der Waals surface area contributed by atoms with Gasteiger partial charge in [0.15, 0.2) is 0 Å². The summed E-state index contributed by atoms with van der Waals surface area (Å²) in [6, 6.07) is 3.38. The van der Waals surface area contributed by atoms with Crippen LogP contribution < -0.4 is 11.3 Å². The minimum Gasteiger partial charge on any atom is -0.328 e. The summed E-state index contributed by atoms with van der Waals surface area (Å²) in [5.41, 5.74) is 6.90. The highest BCUT2D eigenvalue weighted by molar-refractivity contribution is 7.17. The first kappa shape index (κ1) is 12.5. The molecule has 4 rings (SSSR count). The largest absolute Gasteiger partial charge is 0.328 e. The molecule has 2 aromatic rings. The Morgan fingerprint density at radius 3 is 2.90 bits per heavy atom. The molecule has 2 saturated heterocycles. The van der Waals surface area contributed by atoms with Crippen LogP contribution in [0.4, 0.5) is 0 Å². The van der Waals surface area contributed by atoms with Crippen molar-refractivity contribution in [2.75, 3.05) is 0 Å². The molecule has 106 valence electrons. The second kappa shape index (κ2) is 4.65. The number of nitrogens with two attached hydrogens (primary N) is 1. The zero-order chi connectivity index (χ0) is 13.7. The molecule has 4 heterocycles. The minimum atomic E-state index is -0.0129. The molecule has 3 N–H and O–H groups in total. The Kier molecular flexibility index (Phi) is 2.90. The van der Waals surface area contributed by atoms with Gasteiger partial charge >= 0.3 is 0 Å². The molecular formula is C14H18N4OS. The normalized spacial score (nSPS) is 30.1. The fourth-order valence-electron chi connectivity index (χ4n) is 3.74. The maximum atomic E-state index is 12.0. The van der Waals surface area contributed by atoms with E-state index in [1.54, 1.807) is 0 Å². The van der Waals surface area contributed by atoms with E-state index in [1.165, 1.54) is 24.2 Å². The third-order valence-electron chi connectivity index (χ3n) is 4.62. The van der Waals surface area contributed by atoms with E-state index in [4.69, 9.17) is 5.73 Å². The van der Waals surface area contributed by atoms with Crippen LogP contribution in [0, 0.1) is 0 Å². The van der Waals surface area contributed by atoms with Crippen LogP contribution in [0.1, 0.15) is 31.5 Å². The summed E-state index contributed by atoms with van der Waals surface area (Å²) in [5.74, 6) is 0.785. The summed E-state index contributed by atoms with van der Waals surface area (Å²) >= 11 is 1.45. The van der Waals surface area contributed by atoms with Crippen molar-refractivity contribution in [1.29, 1.82) is 0 Å². The predicted molar refractivity (Wildman–Crippen MR) is 79.8 cm³/mol. The van der Waals surface area contributed by atoms with Gasteiger partial charge in [-0.25, -0.2) is 4.98 Å². The smallest absolute Gasteiger partial charge is 0.268 e. The minimum absolute atomic E-state index is 0.0129. The summed E-state index contributed by atoms with van der Waals surface area (Å²) in [6.07, 6.45) is 4.59. The molecule has 0 aliphatic carbocycles. The van der Waals surface area contributed by atoms with E-state index in [0.29, 0.717) is 18.1 Å². The molecule has 2 unspecified atom stereocenters. The lowest BCUT2D eigenvalue weighted by molar-refractivity contribution is 0.117. The van der Waals surface area contributed by atoms with Crippen LogP contribution in [0.15, 0.2) is 16.2 Å². The van der Waals surface area contributed by atoms with Gasteiger partial charge in [0.25, 0.3) is 5.56 Å². The summed E-state index contributed by atoms with van der Waals surface area (Å²) in [7, 11) is 0. The number of hydrogen-bond donors (Lipinski definition) is 2. The second-order valence-corrected chi connectivity index (χ2v) is 6.85. The van der Waals surface area contributed by atoms with Gasteiger partial charge in [-0.1, -0.05) is 0 Å². The van der Waals surface area contributed by atoms with Gasteiger partial charge in [-0.2, -0.15) is 0 Å². The first-order valence-electron chi connectivity index (χ1n) is 7.18. The number of H-pyrrole nitrogens is 1. The van der Waals surface area contributed by atoms with E-state index in [0.717, 1.165) is 35.4 Å². The van der Waals surface area contributed by atoms with E-state index < -0.39 is 0 Å². The molecule has 2 aliphatic heterocycles. The fraction of sp³-hybridized carbons (Fsp3) is 0.571. The van der Waals surface area contributed by atoms with Gasteiger partial charge < -0.3 is 10.7 Å². The third kappa shape index (κ3) is 1.99. The maximum absolute atomic E-state index is 12.0. The van der Waals surface area contributed by atoms with Gasteiger partial charge in [-0.15, -0.1) is 11.3 Å². The number of rotatable bonds is 2. The van der Waals surface area contributed by atoms with Crippen LogP contribution in [-0.2, 0) is 6.54 Å². The highest BCUT2D eigenvalue weighted by Crippen LogP contribution is 2.35. The number of nitrogens with zero attached hydrogens (tertiary/aromatic N) is 2. The number of fused-ring (bicyclic) bond motifs is 3. The first-order chi connectivity index (χ1) is 9.70. The third-order valence-corrected chi connectivity index (χ3v) is 5.52. The molecule has 0 aromatic carbocycles. The maximum Gasteiger partial charge on any atom is 0.268 e. The van der Waals surface area contributed by atoms with Gasteiger partial charge in [-0.3, -0.25) is 9.69 Å². The van der Waals surface area contributed by atoms with Crippen LogP contribution >= 0.6 is 11.3 Å². The Morgan fingerprint density at radius 2 is 2.15 bits per heavy atom. The molecule has 2 aromatic heterocycles. The average Bonchev–Trinajstić information content (AvgIpc) is 2.95. The van der Waals surface area contributed by atoms with Gasteiger partial charge in [0, 0.05) is 18.1 Å². The van der Waals surface area contributed by atoms with Gasteiger partial charge in [0.2, 0.25) is 0 Å². The van der Waals surface area contributed by atoms with Gasteiger partial charge in [0.1, 0.15) is 10.5 Å². The molecule has 0 amide bonds. The molecule has 2 aliphatic rings. The monoisotopic (exact) mass is 290 g/mol. The summed E-state index contributed by atoms with van der Waals surface area (Å²) < 4.78 is 0.720. The average molecular weight is 290 g/mol. The van der Waals surface area contributed by atoms with Gasteiger partial charge in [-0.05, 0) is 37.1 Å². The van der Waals surface area contributed by atoms with E-state index in [1.807, 2.05) is 11.4 Å². The van der Waals surface area contributed by atoms with Crippen LogP contribution in [0.5, 0.6) is 0 Å². The van der Waals surface area contributed by atoms with E-state index >= 15 is 0 Å². The molecule has 2 fully saturated rings. The molecule has 0 saturated carbocycles. The Balaban J connectivity index is 1.63. The van der Waals surface area contributed by atoms with Gasteiger partial charge in [0.05, 0.1) is 12.1 Å². The summed E-state index contributed by atoms with van der Waals surface area (Å²) in [5, 5.41) is 1.92. The molecule has 5 nitrogen and oxygen atoms in total. The number of hydrogen-bond acceptors (Lipinski definition) is 5. The van der Waals surface area contributed by atoms with Crippen molar-refractivity contribution < 1.29 is 0 Å². The molecule has 0 spiro atoms. The van der Waals surface area contributed by atoms with Crippen molar-refractivity contribution in [3.05, 3.63) is 27.6 Å². The van der Waals surface area contributed by atoms with Crippen molar-refractivity contribution in [3.63, 3.8) is 0 Å². The highest BCUT2D eigenvalue weighted by Gasteiger charge is 2.39. The Labute approximate surface area is 120 Å². The molecule has 6 heteroatoms. The van der Waals surface area contributed by atoms with Crippen molar-refractivity contribution >= 4 is 21.6 Å². The van der Waals surface area contributed by atoms with E-state index in [2.05, 4.69) is 14.9 Å². The second-order valence-electron chi connectivity index (χ2n) is 5.94. The zero-order valence-corrected chi connectivity index (χ0v) is 12.0. The van der Waals surface area contributed by atoms with Crippen molar-refractivity contribution in [2.24, 2.45) is 5.73 Å².